The average Bonchev–Trinajstić information content (AvgIpc) is 2.67. The quantitative estimate of drug-likeness (QED) is 0.447. The minimum Gasteiger partial charge on any atom is -0.326 e. The lowest BCUT2D eigenvalue weighted by molar-refractivity contribution is -0.129. The highest BCUT2D eigenvalue weighted by molar-refractivity contribution is 5.90. The zero-order valence-corrected chi connectivity index (χ0v) is 14.9. The second kappa shape index (κ2) is 11.1. The molecule has 0 spiro atoms. The second-order valence-electron chi connectivity index (χ2n) is 6.44. The molecule has 1 unspecified atom stereocenters. The highest BCUT2D eigenvalue weighted by atomic mass is 16.5. The van der Waals surface area contributed by atoms with E-state index in [1.54, 1.807) is 5.48 Å². The van der Waals surface area contributed by atoms with Gasteiger partial charge in [0.1, 0.15) is 0 Å². The molecule has 1 atom stereocenters. The molecule has 3 N–H and O–H groups in total. The third-order valence-corrected chi connectivity index (χ3v) is 4.35. The minimum absolute atomic E-state index is 0.00219. The largest absolute Gasteiger partial charge is 0.326 e. The van der Waals surface area contributed by atoms with Crippen LogP contribution in [0.25, 0.3) is 0 Å². The fraction of sp³-hybridized carbons (Fsp3) is 0.333. The van der Waals surface area contributed by atoms with Crippen LogP contribution >= 0.6 is 0 Å². The van der Waals surface area contributed by atoms with Crippen molar-refractivity contribution in [3.63, 3.8) is 0 Å². The number of anilines is 1. The maximum absolute atomic E-state index is 12.2. The van der Waals surface area contributed by atoms with Crippen LogP contribution in [-0.2, 0) is 16.0 Å². The van der Waals surface area contributed by atoms with E-state index in [0.29, 0.717) is 18.8 Å². The molecule has 0 fully saturated rings. The van der Waals surface area contributed by atoms with E-state index in [1.165, 1.54) is 5.56 Å². The van der Waals surface area contributed by atoms with E-state index < -0.39 is 0 Å². The Morgan fingerprint density at radius 3 is 2.15 bits per heavy atom. The number of hydrogen-bond acceptors (Lipinski definition) is 3. The van der Waals surface area contributed by atoms with Crippen LogP contribution in [0.5, 0.6) is 0 Å². The summed E-state index contributed by atoms with van der Waals surface area (Å²) in [4.78, 5) is 23.4. The third kappa shape index (κ3) is 7.49. The van der Waals surface area contributed by atoms with Crippen molar-refractivity contribution in [1.29, 1.82) is 0 Å². The van der Waals surface area contributed by atoms with Crippen molar-refractivity contribution in [1.82, 2.24) is 5.48 Å². The normalized spacial score (nSPS) is 11.6. The molecule has 0 saturated carbocycles. The molecule has 2 aromatic rings. The Kier molecular flexibility index (Phi) is 8.36. The molecule has 0 aliphatic carbocycles. The van der Waals surface area contributed by atoms with E-state index in [9.17, 15) is 9.59 Å². The van der Waals surface area contributed by atoms with Crippen molar-refractivity contribution in [2.24, 2.45) is 5.92 Å². The third-order valence-electron chi connectivity index (χ3n) is 4.35. The molecule has 2 rings (SSSR count). The van der Waals surface area contributed by atoms with Crippen LogP contribution in [0.15, 0.2) is 60.7 Å². The zero-order valence-electron chi connectivity index (χ0n) is 14.9. The summed E-state index contributed by atoms with van der Waals surface area (Å²) in [5, 5.41) is 11.5. The molecule has 2 amide bonds. The van der Waals surface area contributed by atoms with Crippen molar-refractivity contribution < 1.29 is 14.8 Å². The molecule has 0 aliphatic heterocycles. The number of amides is 2. The molecule has 5 heteroatoms. The van der Waals surface area contributed by atoms with Gasteiger partial charge in [0.15, 0.2) is 0 Å². The number of hydrogen-bond donors (Lipinski definition) is 3. The number of nitrogens with one attached hydrogen (secondary N) is 2. The van der Waals surface area contributed by atoms with Gasteiger partial charge in [0.05, 0.1) is 0 Å². The SMILES string of the molecule is O=C(CCCC(CCC(=O)Nc1ccccc1)Cc1ccccc1)NO. The first kappa shape index (κ1) is 19.7. The summed E-state index contributed by atoms with van der Waals surface area (Å²) in [5.74, 6) is -0.0574. The molecule has 0 heterocycles. The van der Waals surface area contributed by atoms with Gasteiger partial charge in [-0.1, -0.05) is 48.5 Å². The van der Waals surface area contributed by atoms with E-state index in [4.69, 9.17) is 5.21 Å². The van der Waals surface area contributed by atoms with E-state index >= 15 is 0 Å². The molecule has 138 valence electrons. The van der Waals surface area contributed by atoms with Crippen molar-refractivity contribution in [2.75, 3.05) is 5.32 Å². The summed E-state index contributed by atoms with van der Waals surface area (Å²) in [6.45, 7) is 0. The van der Waals surface area contributed by atoms with Crippen molar-refractivity contribution in [2.45, 2.75) is 38.5 Å². The molecule has 0 bridgehead atoms. The maximum atomic E-state index is 12.2. The predicted octanol–water partition coefficient (Wildman–Crippen LogP) is 3.94. The van der Waals surface area contributed by atoms with E-state index in [2.05, 4.69) is 17.4 Å². The number of rotatable bonds is 10. The van der Waals surface area contributed by atoms with Gasteiger partial charge in [0, 0.05) is 18.5 Å². The lowest BCUT2D eigenvalue weighted by atomic mass is 9.90. The van der Waals surface area contributed by atoms with E-state index in [-0.39, 0.29) is 18.2 Å². The summed E-state index contributed by atoms with van der Waals surface area (Å²) in [6.07, 6.45) is 3.89. The monoisotopic (exact) mass is 354 g/mol. The topological polar surface area (TPSA) is 78.4 Å². The van der Waals surface area contributed by atoms with Crippen molar-refractivity contribution in [3.8, 4) is 0 Å². The Hall–Kier alpha value is -2.66. The Labute approximate surface area is 154 Å². The standard InChI is InChI=1S/C21H26N2O3/c24-20(22-19-11-5-2-6-12-19)15-14-18(10-7-13-21(25)23-26)16-17-8-3-1-4-9-17/h1-6,8-9,11-12,18,26H,7,10,13-16H2,(H,22,24)(H,23,25). The summed E-state index contributed by atoms with van der Waals surface area (Å²) in [5.41, 5.74) is 3.69. The lowest BCUT2D eigenvalue weighted by Crippen LogP contribution is -2.19. The van der Waals surface area contributed by atoms with Gasteiger partial charge in [-0.2, -0.15) is 0 Å². The molecular weight excluding hydrogens is 328 g/mol. The highest BCUT2D eigenvalue weighted by Gasteiger charge is 2.13. The van der Waals surface area contributed by atoms with E-state index in [1.807, 2.05) is 48.5 Å². The first-order chi connectivity index (χ1) is 12.7. The van der Waals surface area contributed by atoms with Crippen LogP contribution in [-0.4, -0.2) is 17.0 Å². The van der Waals surface area contributed by atoms with Crippen LogP contribution in [0.3, 0.4) is 0 Å². The summed E-state index contributed by atoms with van der Waals surface area (Å²) in [7, 11) is 0. The van der Waals surface area contributed by atoms with Gasteiger partial charge < -0.3 is 5.32 Å². The maximum Gasteiger partial charge on any atom is 0.243 e. The van der Waals surface area contributed by atoms with Gasteiger partial charge in [0.2, 0.25) is 11.8 Å². The molecule has 2 aromatic carbocycles. The zero-order chi connectivity index (χ0) is 18.6. The minimum atomic E-state index is -0.370. The predicted molar refractivity (Wildman–Crippen MR) is 102 cm³/mol. The Balaban J connectivity index is 1.85. The lowest BCUT2D eigenvalue weighted by Gasteiger charge is -2.17. The number of para-hydroxylation sites is 1. The molecule has 0 aromatic heterocycles. The Bertz CT molecular complexity index is 674. The molecular formula is C21H26N2O3. The van der Waals surface area contributed by atoms with Gasteiger partial charge in [-0.15, -0.1) is 0 Å². The van der Waals surface area contributed by atoms with Gasteiger partial charge in [-0.25, -0.2) is 5.48 Å². The fourth-order valence-electron chi connectivity index (χ4n) is 2.98. The van der Waals surface area contributed by atoms with Crippen LogP contribution in [0.1, 0.15) is 37.7 Å². The number of hydroxylamine groups is 1. The molecule has 0 aliphatic rings. The van der Waals surface area contributed by atoms with Crippen molar-refractivity contribution >= 4 is 17.5 Å². The molecule has 26 heavy (non-hydrogen) atoms. The first-order valence-electron chi connectivity index (χ1n) is 8.99. The van der Waals surface area contributed by atoms with Crippen LogP contribution in [0.4, 0.5) is 5.69 Å². The van der Waals surface area contributed by atoms with E-state index in [0.717, 1.165) is 24.9 Å². The van der Waals surface area contributed by atoms with Crippen LogP contribution < -0.4 is 10.8 Å². The van der Waals surface area contributed by atoms with Crippen molar-refractivity contribution in [3.05, 3.63) is 66.2 Å². The molecule has 5 nitrogen and oxygen atoms in total. The van der Waals surface area contributed by atoms with Gasteiger partial charge >= 0.3 is 0 Å². The summed E-state index contributed by atoms with van der Waals surface area (Å²) < 4.78 is 0. The molecule has 0 radical (unpaired) electrons. The van der Waals surface area contributed by atoms with Gasteiger partial charge in [0.25, 0.3) is 0 Å². The molecule has 0 saturated heterocycles. The van der Waals surface area contributed by atoms with Gasteiger partial charge in [-0.3, -0.25) is 14.8 Å². The smallest absolute Gasteiger partial charge is 0.243 e. The Morgan fingerprint density at radius 2 is 1.50 bits per heavy atom. The average molecular weight is 354 g/mol. The summed E-state index contributed by atoms with van der Waals surface area (Å²) >= 11 is 0. The van der Waals surface area contributed by atoms with Gasteiger partial charge in [-0.05, 0) is 49.3 Å². The Morgan fingerprint density at radius 1 is 0.846 bits per heavy atom. The van der Waals surface area contributed by atoms with Crippen LogP contribution in [0, 0.1) is 5.92 Å². The number of benzene rings is 2. The second-order valence-corrected chi connectivity index (χ2v) is 6.44. The number of carbonyl (C=O) groups is 2. The highest BCUT2D eigenvalue weighted by Crippen LogP contribution is 2.21. The number of carbonyl (C=O) groups excluding carboxylic acids is 2. The first-order valence-corrected chi connectivity index (χ1v) is 8.99. The fourth-order valence-corrected chi connectivity index (χ4v) is 2.98. The van der Waals surface area contributed by atoms with Crippen LogP contribution in [0.2, 0.25) is 0 Å². The summed E-state index contributed by atoms with van der Waals surface area (Å²) in [6, 6.07) is 19.6.